The maximum absolute atomic E-state index is 4.93. The lowest BCUT2D eigenvalue weighted by Crippen LogP contribution is -2.24. The number of fused-ring (bicyclic) bond motifs is 1. The molecule has 0 saturated heterocycles. The van der Waals surface area contributed by atoms with Crippen LogP contribution in [0.5, 0.6) is 0 Å². The van der Waals surface area contributed by atoms with Crippen molar-refractivity contribution < 1.29 is 0 Å². The fourth-order valence-electron chi connectivity index (χ4n) is 2.35. The molecule has 1 aromatic rings. The molecule has 17 heavy (non-hydrogen) atoms. The van der Waals surface area contributed by atoms with E-state index < -0.39 is 0 Å². The summed E-state index contributed by atoms with van der Waals surface area (Å²) in [6.07, 6.45) is 3.87. The summed E-state index contributed by atoms with van der Waals surface area (Å²) >= 11 is 1.94. The van der Waals surface area contributed by atoms with Gasteiger partial charge in [0.1, 0.15) is 0 Å². The van der Waals surface area contributed by atoms with E-state index in [2.05, 4.69) is 33.0 Å². The van der Waals surface area contributed by atoms with Gasteiger partial charge in [-0.3, -0.25) is 0 Å². The number of hydrogen-bond acceptors (Lipinski definition) is 3. The Morgan fingerprint density at radius 1 is 1.41 bits per heavy atom. The van der Waals surface area contributed by atoms with Crippen molar-refractivity contribution in [3.63, 3.8) is 0 Å². The molecule has 1 unspecified atom stereocenters. The molecule has 1 heterocycles. The van der Waals surface area contributed by atoms with Crippen molar-refractivity contribution in [1.82, 2.24) is 10.3 Å². The lowest BCUT2D eigenvalue weighted by Gasteiger charge is -2.21. The van der Waals surface area contributed by atoms with Crippen LogP contribution in [0.3, 0.4) is 0 Å². The van der Waals surface area contributed by atoms with Gasteiger partial charge in [-0.15, -0.1) is 11.3 Å². The summed E-state index contributed by atoms with van der Waals surface area (Å²) in [4.78, 5) is 6.48. The first kappa shape index (κ1) is 13.0. The molecule has 0 fully saturated rings. The van der Waals surface area contributed by atoms with Crippen molar-refractivity contribution in [3.05, 3.63) is 15.6 Å². The summed E-state index contributed by atoms with van der Waals surface area (Å²) in [5.41, 5.74) is 1.59. The Kier molecular flexibility index (Phi) is 3.88. The number of likely N-dealkylation sites (N-methyl/N-ethyl adjacent to an activating group) is 1. The van der Waals surface area contributed by atoms with Crippen molar-refractivity contribution in [2.75, 3.05) is 13.1 Å². The van der Waals surface area contributed by atoms with E-state index in [9.17, 15) is 0 Å². The summed E-state index contributed by atoms with van der Waals surface area (Å²) in [5.74, 6) is 0.644. The van der Waals surface area contributed by atoms with E-state index in [1.807, 2.05) is 11.3 Å². The molecular weight excluding hydrogens is 228 g/mol. The lowest BCUT2D eigenvalue weighted by atomic mass is 9.90. The Morgan fingerprint density at radius 3 is 2.82 bits per heavy atom. The second-order valence-corrected chi connectivity index (χ2v) is 7.06. The van der Waals surface area contributed by atoms with Crippen LogP contribution in [0, 0.1) is 0 Å². The van der Waals surface area contributed by atoms with Crippen LogP contribution in [-0.2, 0) is 11.8 Å². The first-order chi connectivity index (χ1) is 8.02. The molecule has 0 aliphatic heterocycles. The lowest BCUT2D eigenvalue weighted by molar-refractivity contribution is 0.503. The van der Waals surface area contributed by atoms with Gasteiger partial charge < -0.3 is 5.32 Å². The molecule has 96 valence electrons. The van der Waals surface area contributed by atoms with Crippen molar-refractivity contribution in [3.8, 4) is 0 Å². The molecule has 3 heteroatoms. The number of nitrogens with one attached hydrogen (secondary N) is 1. The van der Waals surface area contributed by atoms with Crippen LogP contribution in [-0.4, -0.2) is 18.1 Å². The molecule has 0 amide bonds. The number of thiazole rings is 1. The Balaban J connectivity index is 2.22. The normalized spacial score (nSPS) is 20.4. The van der Waals surface area contributed by atoms with Gasteiger partial charge in [0.15, 0.2) is 0 Å². The van der Waals surface area contributed by atoms with Crippen LogP contribution >= 0.6 is 11.3 Å². The zero-order valence-electron chi connectivity index (χ0n) is 11.5. The average Bonchev–Trinajstić information content (AvgIpc) is 2.70. The fraction of sp³-hybridized carbons (Fsp3) is 0.786. The Morgan fingerprint density at radius 2 is 2.18 bits per heavy atom. The van der Waals surface area contributed by atoms with Crippen molar-refractivity contribution in [1.29, 1.82) is 0 Å². The third kappa shape index (κ3) is 2.89. The molecule has 1 atom stereocenters. The second-order valence-electron chi connectivity index (χ2n) is 5.97. The number of aromatic nitrogens is 1. The smallest absolute Gasteiger partial charge is 0.0984 e. The van der Waals surface area contributed by atoms with Gasteiger partial charge in [-0.1, -0.05) is 27.7 Å². The van der Waals surface area contributed by atoms with E-state index in [-0.39, 0.29) is 5.41 Å². The van der Waals surface area contributed by atoms with E-state index in [1.54, 1.807) is 4.88 Å². The van der Waals surface area contributed by atoms with Crippen LogP contribution < -0.4 is 5.32 Å². The Bertz CT molecular complexity index is 376. The minimum absolute atomic E-state index is 0.199. The van der Waals surface area contributed by atoms with Gasteiger partial charge in [-0.25, -0.2) is 4.98 Å². The van der Waals surface area contributed by atoms with Crippen LogP contribution in [0.2, 0.25) is 0 Å². The SMILES string of the molecule is CCNCC1CCCc2sc(C(C)(C)C)nc21. The summed E-state index contributed by atoms with van der Waals surface area (Å²) in [7, 11) is 0. The highest BCUT2D eigenvalue weighted by Crippen LogP contribution is 2.38. The zero-order valence-corrected chi connectivity index (χ0v) is 12.3. The highest BCUT2D eigenvalue weighted by atomic mass is 32.1. The molecular formula is C14H24N2S. The van der Waals surface area contributed by atoms with Crippen molar-refractivity contribution in [2.24, 2.45) is 0 Å². The number of nitrogens with zero attached hydrogens (tertiary/aromatic N) is 1. The van der Waals surface area contributed by atoms with Gasteiger partial charge in [0, 0.05) is 22.8 Å². The molecule has 1 aliphatic carbocycles. The quantitative estimate of drug-likeness (QED) is 0.891. The maximum Gasteiger partial charge on any atom is 0.0984 e. The highest BCUT2D eigenvalue weighted by molar-refractivity contribution is 7.11. The topological polar surface area (TPSA) is 24.9 Å². The van der Waals surface area contributed by atoms with E-state index in [1.165, 1.54) is 30.0 Å². The van der Waals surface area contributed by atoms with Crippen molar-refractivity contribution >= 4 is 11.3 Å². The summed E-state index contributed by atoms with van der Waals surface area (Å²) < 4.78 is 0. The predicted octanol–water partition coefficient (Wildman–Crippen LogP) is 3.47. The average molecular weight is 252 g/mol. The van der Waals surface area contributed by atoms with E-state index in [4.69, 9.17) is 4.98 Å². The summed E-state index contributed by atoms with van der Waals surface area (Å²) in [6.45, 7) is 11.1. The second kappa shape index (κ2) is 5.07. The molecule has 1 aliphatic rings. The molecule has 2 nitrogen and oxygen atoms in total. The van der Waals surface area contributed by atoms with Crippen LogP contribution in [0.1, 0.15) is 62.0 Å². The van der Waals surface area contributed by atoms with Gasteiger partial charge >= 0.3 is 0 Å². The monoisotopic (exact) mass is 252 g/mol. The van der Waals surface area contributed by atoms with Gasteiger partial charge in [-0.05, 0) is 25.8 Å². The Labute approximate surface area is 109 Å². The predicted molar refractivity (Wildman–Crippen MR) is 75.0 cm³/mol. The van der Waals surface area contributed by atoms with Gasteiger partial charge in [0.25, 0.3) is 0 Å². The summed E-state index contributed by atoms with van der Waals surface area (Å²) in [6, 6.07) is 0. The molecule has 0 aromatic carbocycles. The summed E-state index contributed by atoms with van der Waals surface area (Å²) in [5, 5.41) is 4.78. The van der Waals surface area contributed by atoms with Crippen molar-refractivity contribution in [2.45, 2.75) is 58.3 Å². The number of rotatable bonds is 3. The van der Waals surface area contributed by atoms with Crippen LogP contribution in [0.4, 0.5) is 0 Å². The van der Waals surface area contributed by atoms with E-state index >= 15 is 0 Å². The van der Waals surface area contributed by atoms with Gasteiger partial charge in [0.05, 0.1) is 10.7 Å². The molecule has 1 aromatic heterocycles. The maximum atomic E-state index is 4.93. The first-order valence-electron chi connectivity index (χ1n) is 6.73. The van der Waals surface area contributed by atoms with E-state index in [0.717, 1.165) is 13.1 Å². The highest BCUT2D eigenvalue weighted by Gasteiger charge is 2.27. The van der Waals surface area contributed by atoms with Crippen LogP contribution in [0.15, 0.2) is 0 Å². The molecule has 0 spiro atoms. The van der Waals surface area contributed by atoms with Gasteiger partial charge in [-0.2, -0.15) is 0 Å². The number of aryl methyl sites for hydroxylation is 1. The van der Waals surface area contributed by atoms with Crippen LogP contribution in [0.25, 0.3) is 0 Å². The zero-order chi connectivity index (χ0) is 12.5. The van der Waals surface area contributed by atoms with E-state index in [0.29, 0.717) is 5.92 Å². The Hall–Kier alpha value is -0.410. The first-order valence-corrected chi connectivity index (χ1v) is 7.54. The molecule has 0 bridgehead atoms. The number of hydrogen-bond donors (Lipinski definition) is 1. The van der Waals surface area contributed by atoms with Gasteiger partial charge in [0.2, 0.25) is 0 Å². The minimum Gasteiger partial charge on any atom is -0.316 e. The molecule has 0 radical (unpaired) electrons. The minimum atomic E-state index is 0.199. The third-order valence-corrected chi connectivity index (χ3v) is 4.91. The molecule has 0 saturated carbocycles. The standard InChI is InChI=1S/C14H24N2S/c1-5-15-9-10-7-6-8-11-12(10)16-13(17-11)14(2,3)4/h10,15H,5-9H2,1-4H3. The largest absolute Gasteiger partial charge is 0.316 e. The molecule has 1 N–H and O–H groups in total. The third-order valence-electron chi connectivity index (χ3n) is 3.35. The fourth-order valence-corrected chi connectivity index (χ4v) is 3.59. The molecule has 2 rings (SSSR count).